The number of carbonyl (C=O) groups excluding carboxylic acids is 1. The van der Waals surface area contributed by atoms with Crippen LogP contribution in [0.4, 0.5) is 5.69 Å². The highest BCUT2D eigenvalue weighted by molar-refractivity contribution is 5.91. The van der Waals surface area contributed by atoms with Gasteiger partial charge in [-0.25, -0.2) is 0 Å². The molecule has 0 saturated carbocycles. The van der Waals surface area contributed by atoms with Crippen molar-refractivity contribution in [2.75, 3.05) is 6.54 Å². The molecule has 0 bridgehead atoms. The van der Waals surface area contributed by atoms with E-state index >= 15 is 0 Å². The van der Waals surface area contributed by atoms with Crippen LogP contribution in [0.25, 0.3) is 6.08 Å². The first-order valence-corrected chi connectivity index (χ1v) is 7.69. The highest BCUT2D eigenvalue weighted by Crippen LogP contribution is 2.26. The Labute approximate surface area is 145 Å². The second-order valence-corrected chi connectivity index (χ2v) is 6.00. The molecule has 1 amide bonds. The molecule has 1 unspecified atom stereocenters. The minimum absolute atomic E-state index is 0.0107. The topological polar surface area (TPSA) is 106 Å². The summed E-state index contributed by atoms with van der Waals surface area (Å²) >= 11 is 0. The van der Waals surface area contributed by atoms with Crippen LogP contribution in [0.5, 0.6) is 0 Å². The minimum atomic E-state index is -1.25. The number of benzene rings is 1. The summed E-state index contributed by atoms with van der Waals surface area (Å²) in [6.45, 7) is 5.17. The number of rotatable bonds is 6. The Morgan fingerprint density at radius 3 is 2.52 bits per heavy atom. The molecule has 1 atom stereocenters. The van der Waals surface area contributed by atoms with E-state index in [1.807, 2.05) is 0 Å². The van der Waals surface area contributed by atoms with Crippen molar-refractivity contribution in [1.82, 2.24) is 5.32 Å². The Balaban J connectivity index is 1.95. The van der Waals surface area contributed by atoms with Crippen molar-refractivity contribution in [2.45, 2.75) is 26.4 Å². The van der Waals surface area contributed by atoms with Gasteiger partial charge in [-0.1, -0.05) is 0 Å². The summed E-state index contributed by atoms with van der Waals surface area (Å²) in [5, 5.41) is 23.8. The van der Waals surface area contributed by atoms with Gasteiger partial charge in [0.25, 0.3) is 5.69 Å². The number of hydrogen-bond acceptors (Lipinski definition) is 5. The molecule has 0 aliphatic heterocycles. The fourth-order valence-electron chi connectivity index (χ4n) is 2.46. The van der Waals surface area contributed by atoms with Crippen molar-refractivity contribution in [2.24, 2.45) is 0 Å². The van der Waals surface area contributed by atoms with Crippen LogP contribution >= 0.6 is 0 Å². The maximum Gasteiger partial charge on any atom is 0.269 e. The van der Waals surface area contributed by atoms with Crippen molar-refractivity contribution in [1.29, 1.82) is 0 Å². The number of nitrogens with one attached hydrogen (secondary N) is 1. The molecule has 0 saturated heterocycles. The highest BCUT2D eigenvalue weighted by atomic mass is 16.6. The molecule has 0 spiro atoms. The summed E-state index contributed by atoms with van der Waals surface area (Å²) in [6, 6.07) is 7.58. The Morgan fingerprint density at radius 1 is 1.36 bits per heavy atom. The molecule has 7 heteroatoms. The molecule has 0 radical (unpaired) electrons. The molecule has 2 N–H and O–H groups in total. The standard InChI is InChI=1S/C18H20N2O5/c1-12-10-16(13(2)25-12)18(3,22)11-19-17(21)9-6-14-4-7-15(8-5-14)20(23)24/h4-10,22H,11H2,1-3H3,(H,19,21). The maximum absolute atomic E-state index is 11.9. The van der Waals surface area contributed by atoms with Crippen LogP contribution in [0.15, 0.2) is 40.8 Å². The summed E-state index contributed by atoms with van der Waals surface area (Å²) in [7, 11) is 0. The number of amides is 1. The first kappa shape index (κ1) is 18.4. The predicted molar refractivity (Wildman–Crippen MR) is 92.9 cm³/mol. The SMILES string of the molecule is Cc1cc(C(C)(O)CNC(=O)C=Cc2ccc([N+](=O)[O-])cc2)c(C)o1. The fourth-order valence-corrected chi connectivity index (χ4v) is 2.46. The zero-order chi connectivity index (χ0) is 18.6. The number of nitro benzene ring substituents is 1. The van der Waals surface area contributed by atoms with Crippen molar-refractivity contribution >= 4 is 17.7 Å². The van der Waals surface area contributed by atoms with Gasteiger partial charge in [0, 0.05) is 23.8 Å². The monoisotopic (exact) mass is 344 g/mol. The summed E-state index contributed by atoms with van der Waals surface area (Å²) in [5.41, 5.74) is 0.0282. The van der Waals surface area contributed by atoms with Crippen LogP contribution < -0.4 is 5.32 Å². The van der Waals surface area contributed by atoms with Gasteiger partial charge in [-0.3, -0.25) is 14.9 Å². The zero-order valence-corrected chi connectivity index (χ0v) is 14.3. The molecule has 0 fully saturated rings. The quantitative estimate of drug-likeness (QED) is 0.476. The molecule has 1 heterocycles. The van der Waals surface area contributed by atoms with E-state index in [1.54, 1.807) is 45.0 Å². The van der Waals surface area contributed by atoms with Crippen LogP contribution in [-0.2, 0) is 10.4 Å². The number of aliphatic hydroxyl groups is 1. The number of furan rings is 1. The molecule has 1 aromatic carbocycles. The lowest BCUT2D eigenvalue weighted by atomic mass is 9.96. The van der Waals surface area contributed by atoms with Crippen LogP contribution in [0.3, 0.4) is 0 Å². The molecule has 132 valence electrons. The number of aryl methyl sites for hydroxylation is 2. The van der Waals surface area contributed by atoms with Crippen molar-refractivity contribution in [3.63, 3.8) is 0 Å². The summed E-state index contributed by atoms with van der Waals surface area (Å²) in [6.07, 6.45) is 2.85. The van der Waals surface area contributed by atoms with Gasteiger partial charge in [0.1, 0.15) is 17.1 Å². The van der Waals surface area contributed by atoms with Gasteiger partial charge in [0.15, 0.2) is 0 Å². The zero-order valence-electron chi connectivity index (χ0n) is 14.3. The number of nitrogens with zero attached hydrogens (tertiary/aromatic N) is 1. The first-order valence-electron chi connectivity index (χ1n) is 7.69. The predicted octanol–water partition coefficient (Wildman–Crippen LogP) is 2.84. The van der Waals surface area contributed by atoms with Crippen LogP contribution in [0.1, 0.15) is 29.6 Å². The Morgan fingerprint density at radius 2 is 2.00 bits per heavy atom. The highest BCUT2D eigenvalue weighted by Gasteiger charge is 2.27. The van der Waals surface area contributed by atoms with E-state index in [-0.39, 0.29) is 18.1 Å². The second kappa shape index (κ2) is 7.31. The van der Waals surface area contributed by atoms with Crippen LogP contribution in [0, 0.1) is 24.0 Å². The summed E-state index contributed by atoms with van der Waals surface area (Å²) in [4.78, 5) is 22.0. The minimum Gasteiger partial charge on any atom is -0.466 e. The van der Waals surface area contributed by atoms with Crippen LogP contribution in [-0.4, -0.2) is 22.5 Å². The van der Waals surface area contributed by atoms with Gasteiger partial charge in [-0.2, -0.15) is 0 Å². The Kier molecular flexibility index (Phi) is 5.38. The Hall–Kier alpha value is -2.93. The van der Waals surface area contributed by atoms with Gasteiger partial charge in [-0.05, 0) is 50.6 Å². The van der Waals surface area contributed by atoms with Gasteiger partial charge >= 0.3 is 0 Å². The lowest BCUT2D eigenvalue weighted by Crippen LogP contribution is -2.38. The molecule has 2 rings (SSSR count). The second-order valence-electron chi connectivity index (χ2n) is 6.00. The molecular weight excluding hydrogens is 324 g/mol. The van der Waals surface area contributed by atoms with Gasteiger partial charge in [0.2, 0.25) is 5.91 Å². The van der Waals surface area contributed by atoms with Gasteiger partial charge in [-0.15, -0.1) is 0 Å². The normalized spacial score (nSPS) is 13.6. The third-order valence-electron chi connectivity index (χ3n) is 3.76. The van der Waals surface area contributed by atoms with Crippen molar-refractivity contribution in [3.8, 4) is 0 Å². The van der Waals surface area contributed by atoms with Gasteiger partial charge < -0.3 is 14.8 Å². The molecule has 7 nitrogen and oxygen atoms in total. The van der Waals surface area contributed by atoms with E-state index in [0.29, 0.717) is 22.6 Å². The van der Waals surface area contributed by atoms with Crippen molar-refractivity contribution in [3.05, 3.63) is 69.2 Å². The average Bonchev–Trinajstić information content (AvgIpc) is 2.91. The lowest BCUT2D eigenvalue weighted by molar-refractivity contribution is -0.384. The van der Waals surface area contributed by atoms with Gasteiger partial charge in [0.05, 0.1) is 11.5 Å². The molecule has 0 aliphatic rings. The summed E-state index contributed by atoms with van der Waals surface area (Å²) < 4.78 is 5.40. The van der Waals surface area contributed by atoms with E-state index in [1.165, 1.54) is 18.2 Å². The molecule has 25 heavy (non-hydrogen) atoms. The largest absolute Gasteiger partial charge is 0.466 e. The average molecular weight is 344 g/mol. The molecule has 1 aromatic heterocycles. The van der Waals surface area contributed by atoms with E-state index in [4.69, 9.17) is 4.42 Å². The third-order valence-corrected chi connectivity index (χ3v) is 3.76. The van der Waals surface area contributed by atoms with E-state index in [0.717, 1.165) is 0 Å². The van der Waals surface area contributed by atoms with E-state index < -0.39 is 10.5 Å². The summed E-state index contributed by atoms with van der Waals surface area (Å²) in [5.74, 6) is 0.923. The maximum atomic E-state index is 11.9. The number of non-ortho nitro benzene ring substituents is 1. The van der Waals surface area contributed by atoms with E-state index in [9.17, 15) is 20.0 Å². The molecule has 2 aromatic rings. The smallest absolute Gasteiger partial charge is 0.269 e. The first-order chi connectivity index (χ1) is 11.7. The lowest BCUT2D eigenvalue weighted by Gasteiger charge is -2.22. The number of carbonyl (C=O) groups is 1. The van der Waals surface area contributed by atoms with Crippen molar-refractivity contribution < 1.29 is 19.2 Å². The van der Waals surface area contributed by atoms with Crippen LogP contribution in [0.2, 0.25) is 0 Å². The third kappa shape index (κ3) is 4.77. The Bertz CT molecular complexity index is 803. The molecule has 0 aliphatic carbocycles. The number of hydrogen-bond donors (Lipinski definition) is 2. The number of nitro groups is 1. The molecular formula is C18H20N2O5. The fraction of sp³-hybridized carbons (Fsp3) is 0.278. The van der Waals surface area contributed by atoms with E-state index in [2.05, 4.69) is 5.32 Å².